The molecule has 0 aromatic rings. The van der Waals surface area contributed by atoms with E-state index in [-0.39, 0.29) is 18.7 Å². The van der Waals surface area contributed by atoms with E-state index in [0.717, 1.165) is 13.1 Å². The second kappa shape index (κ2) is 9.17. The standard InChI is InChI=1S/C6H15NO2.ClH/c1-4-7-5-6(8-2)9-3;/h6-7H,4-5H2,1-3H3;1H. The topological polar surface area (TPSA) is 35.1 Å². The Kier molecular flexibility index (Phi) is 11.7. The zero-order valence-corrected chi connectivity index (χ0v) is 7.52. The number of ether oxygens (including phenoxy) is 2. The van der Waals surface area contributed by atoms with Gasteiger partial charge in [0.1, 0.15) is 6.54 Å². The lowest BCUT2D eigenvalue weighted by molar-refractivity contribution is -0.664. The SMILES string of the molecule is CC[NH2+]CC(OC)OC.[Cl-]. The van der Waals surface area contributed by atoms with Crippen LogP contribution in [0.15, 0.2) is 0 Å². The average molecular weight is 170 g/mol. The first-order valence-electron chi connectivity index (χ1n) is 3.22. The Balaban J connectivity index is 0. The maximum Gasteiger partial charge on any atom is 0.206 e. The van der Waals surface area contributed by atoms with E-state index in [1.165, 1.54) is 0 Å². The molecule has 0 saturated carbocycles. The van der Waals surface area contributed by atoms with Crippen LogP contribution < -0.4 is 17.7 Å². The Labute approximate surface area is 68.5 Å². The van der Waals surface area contributed by atoms with Crippen LogP contribution in [-0.4, -0.2) is 33.6 Å². The highest BCUT2D eigenvalue weighted by Gasteiger charge is 2.04. The molecule has 0 saturated heterocycles. The fourth-order valence-corrected chi connectivity index (χ4v) is 0.591. The monoisotopic (exact) mass is 169 g/mol. The number of nitrogens with two attached hydrogens (primary N) is 1. The molecule has 0 aromatic heterocycles. The predicted octanol–water partition coefficient (Wildman–Crippen LogP) is -3.81. The normalized spacial score (nSPS) is 9.60. The molecule has 0 aromatic carbocycles. The first-order valence-corrected chi connectivity index (χ1v) is 3.22. The Morgan fingerprint density at radius 1 is 1.30 bits per heavy atom. The Bertz CT molecular complexity index is 59.7. The molecule has 0 aliphatic rings. The fraction of sp³-hybridized carbons (Fsp3) is 1.00. The van der Waals surface area contributed by atoms with Crippen molar-refractivity contribution in [2.45, 2.75) is 13.2 Å². The van der Waals surface area contributed by atoms with Crippen LogP contribution in [0.5, 0.6) is 0 Å². The van der Waals surface area contributed by atoms with Gasteiger partial charge in [-0.2, -0.15) is 0 Å². The third-order valence-corrected chi connectivity index (χ3v) is 1.17. The minimum atomic E-state index is -0.0510. The van der Waals surface area contributed by atoms with Crippen molar-refractivity contribution in [2.24, 2.45) is 0 Å². The van der Waals surface area contributed by atoms with E-state index in [9.17, 15) is 0 Å². The molecular weight excluding hydrogens is 154 g/mol. The molecule has 3 nitrogen and oxygen atoms in total. The van der Waals surface area contributed by atoms with E-state index < -0.39 is 0 Å². The summed E-state index contributed by atoms with van der Waals surface area (Å²) in [5.41, 5.74) is 0. The van der Waals surface area contributed by atoms with Crippen molar-refractivity contribution < 1.29 is 27.2 Å². The molecule has 0 amide bonds. The number of halogens is 1. The zero-order chi connectivity index (χ0) is 7.11. The lowest BCUT2D eigenvalue weighted by atomic mass is 10.6. The van der Waals surface area contributed by atoms with Gasteiger partial charge in [0.2, 0.25) is 6.29 Å². The summed E-state index contributed by atoms with van der Waals surface area (Å²) in [6, 6.07) is 0. The van der Waals surface area contributed by atoms with Crippen LogP contribution >= 0.6 is 0 Å². The van der Waals surface area contributed by atoms with Crippen molar-refractivity contribution in [3.8, 4) is 0 Å². The molecule has 0 fully saturated rings. The number of quaternary nitrogens is 1. The van der Waals surface area contributed by atoms with Crippen molar-refractivity contribution in [1.82, 2.24) is 0 Å². The maximum atomic E-state index is 4.95. The molecule has 0 spiro atoms. The van der Waals surface area contributed by atoms with E-state index in [2.05, 4.69) is 12.2 Å². The van der Waals surface area contributed by atoms with Gasteiger partial charge in [-0.25, -0.2) is 0 Å². The zero-order valence-electron chi connectivity index (χ0n) is 6.76. The van der Waals surface area contributed by atoms with Gasteiger partial charge in [-0.05, 0) is 6.92 Å². The van der Waals surface area contributed by atoms with E-state index >= 15 is 0 Å². The van der Waals surface area contributed by atoms with Crippen LogP contribution in [-0.2, 0) is 9.47 Å². The summed E-state index contributed by atoms with van der Waals surface area (Å²) in [7, 11) is 3.30. The number of methoxy groups -OCH3 is 2. The van der Waals surface area contributed by atoms with Crippen LogP contribution in [0.3, 0.4) is 0 Å². The first kappa shape index (κ1) is 12.8. The Morgan fingerprint density at radius 2 is 1.80 bits per heavy atom. The van der Waals surface area contributed by atoms with Crippen molar-refractivity contribution >= 4 is 0 Å². The van der Waals surface area contributed by atoms with Gasteiger partial charge >= 0.3 is 0 Å². The summed E-state index contributed by atoms with van der Waals surface area (Å²) in [5, 5.41) is 2.14. The molecule has 0 bridgehead atoms. The van der Waals surface area contributed by atoms with Gasteiger partial charge in [-0.15, -0.1) is 0 Å². The molecule has 0 unspecified atom stereocenters. The largest absolute Gasteiger partial charge is 1.00 e. The molecule has 10 heavy (non-hydrogen) atoms. The van der Waals surface area contributed by atoms with Crippen molar-refractivity contribution in [1.29, 1.82) is 0 Å². The molecule has 0 atom stereocenters. The first-order chi connectivity index (χ1) is 4.35. The van der Waals surface area contributed by atoms with Crippen molar-refractivity contribution in [2.75, 3.05) is 27.3 Å². The van der Waals surface area contributed by atoms with Gasteiger partial charge in [-0.1, -0.05) is 0 Å². The van der Waals surface area contributed by atoms with Gasteiger partial charge in [0.15, 0.2) is 0 Å². The summed E-state index contributed by atoms with van der Waals surface area (Å²) in [6.07, 6.45) is -0.0510. The molecule has 0 heterocycles. The molecule has 0 radical (unpaired) electrons. The van der Waals surface area contributed by atoms with Gasteiger partial charge in [0.25, 0.3) is 0 Å². The number of rotatable bonds is 5. The highest BCUT2D eigenvalue weighted by atomic mass is 35.5. The highest BCUT2D eigenvalue weighted by molar-refractivity contribution is 4.31. The predicted molar refractivity (Wildman–Crippen MR) is 35.1 cm³/mol. The number of hydrogen-bond acceptors (Lipinski definition) is 2. The van der Waals surface area contributed by atoms with Crippen molar-refractivity contribution in [3.05, 3.63) is 0 Å². The number of hydrogen-bond donors (Lipinski definition) is 1. The molecular formula is C6H16ClNO2. The summed E-state index contributed by atoms with van der Waals surface area (Å²) >= 11 is 0. The van der Waals surface area contributed by atoms with Crippen LogP contribution in [0.2, 0.25) is 0 Å². The summed E-state index contributed by atoms with van der Waals surface area (Å²) < 4.78 is 9.90. The molecule has 0 aliphatic heterocycles. The molecule has 64 valence electrons. The summed E-state index contributed by atoms with van der Waals surface area (Å²) in [4.78, 5) is 0. The summed E-state index contributed by atoms with van der Waals surface area (Å²) in [6.45, 7) is 4.05. The van der Waals surface area contributed by atoms with Crippen molar-refractivity contribution in [3.63, 3.8) is 0 Å². The van der Waals surface area contributed by atoms with E-state index in [1.807, 2.05) is 0 Å². The quantitative estimate of drug-likeness (QED) is 0.429. The number of likely N-dealkylation sites (N-methyl/N-ethyl adjacent to an activating group) is 1. The minimum absolute atomic E-state index is 0. The average Bonchev–Trinajstić information content (AvgIpc) is 1.91. The van der Waals surface area contributed by atoms with Crippen LogP contribution in [0, 0.1) is 0 Å². The van der Waals surface area contributed by atoms with Crippen LogP contribution in [0.4, 0.5) is 0 Å². The lowest BCUT2D eigenvalue weighted by Crippen LogP contribution is -3.00. The molecule has 2 N–H and O–H groups in total. The van der Waals surface area contributed by atoms with E-state index in [4.69, 9.17) is 9.47 Å². The van der Waals surface area contributed by atoms with Gasteiger partial charge in [0.05, 0.1) is 6.54 Å². The molecule has 4 heteroatoms. The molecule has 0 aliphatic carbocycles. The second-order valence-corrected chi connectivity index (χ2v) is 1.83. The van der Waals surface area contributed by atoms with Crippen LogP contribution in [0.25, 0.3) is 0 Å². The highest BCUT2D eigenvalue weighted by Crippen LogP contribution is 1.82. The smallest absolute Gasteiger partial charge is 0.206 e. The Morgan fingerprint density at radius 3 is 2.10 bits per heavy atom. The third-order valence-electron chi connectivity index (χ3n) is 1.17. The van der Waals surface area contributed by atoms with E-state index in [0.29, 0.717) is 0 Å². The summed E-state index contributed by atoms with van der Waals surface area (Å²) in [5.74, 6) is 0. The fourth-order valence-electron chi connectivity index (χ4n) is 0.591. The van der Waals surface area contributed by atoms with E-state index in [1.54, 1.807) is 14.2 Å². The maximum absolute atomic E-state index is 4.95. The Hall–Kier alpha value is 0.170. The lowest BCUT2D eigenvalue weighted by Gasteiger charge is -2.09. The van der Waals surface area contributed by atoms with Gasteiger partial charge < -0.3 is 27.2 Å². The second-order valence-electron chi connectivity index (χ2n) is 1.83. The molecule has 0 rings (SSSR count). The van der Waals surface area contributed by atoms with Gasteiger partial charge in [-0.3, -0.25) is 0 Å². The third kappa shape index (κ3) is 6.29. The minimum Gasteiger partial charge on any atom is -1.00 e. The van der Waals surface area contributed by atoms with Crippen LogP contribution in [0.1, 0.15) is 6.92 Å². The van der Waals surface area contributed by atoms with Gasteiger partial charge in [0, 0.05) is 14.2 Å².